The Morgan fingerprint density at radius 1 is 1.10 bits per heavy atom. The van der Waals surface area contributed by atoms with Crippen molar-refractivity contribution in [3.05, 3.63) is 34.0 Å². The average molecular weight is 591 g/mol. The summed E-state index contributed by atoms with van der Waals surface area (Å²) >= 11 is 6.31. The average Bonchev–Trinajstić information content (AvgIpc) is 3.71. The fourth-order valence-corrected chi connectivity index (χ4v) is 5.46. The lowest BCUT2D eigenvalue weighted by molar-refractivity contribution is 0.00819. The van der Waals surface area contributed by atoms with Crippen molar-refractivity contribution in [1.82, 2.24) is 34.7 Å². The minimum atomic E-state index is -3.67. The van der Waals surface area contributed by atoms with Crippen molar-refractivity contribution in [2.45, 2.75) is 58.7 Å². The van der Waals surface area contributed by atoms with Crippen molar-refractivity contribution >= 4 is 28.7 Å². The van der Waals surface area contributed by atoms with Crippen LogP contribution in [0.2, 0.25) is 5.02 Å². The Labute approximate surface area is 239 Å². The number of imidazole rings is 1. The highest BCUT2D eigenvalue weighted by Crippen LogP contribution is 2.36. The van der Waals surface area contributed by atoms with Crippen LogP contribution in [0, 0.1) is 24.7 Å². The van der Waals surface area contributed by atoms with E-state index in [0.29, 0.717) is 22.3 Å². The van der Waals surface area contributed by atoms with Crippen LogP contribution in [0.3, 0.4) is 0 Å². The van der Waals surface area contributed by atoms with Crippen LogP contribution in [0.1, 0.15) is 45.4 Å². The fourth-order valence-electron chi connectivity index (χ4n) is 5.29. The first-order valence-electron chi connectivity index (χ1n) is 13.2. The molecule has 0 aromatic carbocycles. The molecule has 0 spiro atoms. The number of aromatic nitrogens is 7. The molecule has 0 bridgehead atoms. The van der Waals surface area contributed by atoms with Crippen molar-refractivity contribution in [1.29, 1.82) is 0 Å². The lowest BCUT2D eigenvalue weighted by atomic mass is 9.83. The number of alkyl halides is 3. The van der Waals surface area contributed by atoms with Crippen molar-refractivity contribution in [2.75, 3.05) is 18.0 Å². The summed E-state index contributed by atoms with van der Waals surface area (Å²) in [6, 6.07) is 1.83. The Kier molecular flexibility index (Phi) is 9.99. The monoisotopic (exact) mass is 590 g/mol. The summed E-state index contributed by atoms with van der Waals surface area (Å²) in [5, 5.41) is 6.73. The van der Waals surface area contributed by atoms with Gasteiger partial charge in [0.2, 0.25) is 11.8 Å². The van der Waals surface area contributed by atoms with Gasteiger partial charge in [-0.25, -0.2) is 19.9 Å². The molecule has 6 rings (SSSR count). The van der Waals surface area contributed by atoms with Gasteiger partial charge in [-0.2, -0.15) is 18.2 Å². The first-order chi connectivity index (χ1) is 19.8. The zero-order valence-corrected chi connectivity index (χ0v) is 23.2. The van der Waals surface area contributed by atoms with E-state index >= 15 is 0 Å². The van der Waals surface area contributed by atoms with E-state index in [1.807, 2.05) is 6.07 Å². The van der Waals surface area contributed by atoms with Gasteiger partial charge in [0, 0.05) is 37.6 Å². The Bertz CT molecular complexity index is 1520. The summed E-state index contributed by atoms with van der Waals surface area (Å²) in [5.74, 6) is 1.82. The summed E-state index contributed by atoms with van der Waals surface area (Å²) in [4.78, 5) is 32.7. The van der Waals surface area contributed by atoms with Crippen LogP contribution in [0.15, 0.2) is 27.7 Å². The van der Waals surface area contributed by atoms with E-state index < -0.39 is 12.4 Å². The van der Waals surface area contributed by atoms with Crippen molar-refractivity contribution in [2.24, 2.45) is 11.8 Å². The molecule has 1 aliphatic heterocycles. The SMILES string of the molecule is C#C.CC1CCC(Cn2c(N3CCCC3)nc3nc(-c4n[nH]c(=O)o4)nc(-c4cncc(Cl)c4)c32)CC1.FC(F)F. The van der Waals surface area contributed by atoms with Gasteiger partial charge in [-0.15, -0.1) is 17.9 Å². The first kappa shape index (κ1) is 30.0. The number of anilines is 1. The maximum Gasteiger partial charge on any atom is 0.434 e. The second kappa shape index (κ2) is 13.6. The number of nitrogens with zero attached hydrogens (tertiary/aromatic N) is 7. The second-order valence-electron chi connectivity index (χ2n) is 9.97. The molecule has 10 nitrogen and oxygen atoms in total. The number of H-pyrrole nitrogens is 1. The second-order valence-corrected chi connectivity index (χ2v) is 10.4. The number of nitrogens with one attached hydrogen (secondary N) is 1. The van der Waals surface area contributed by atoms with Crippen LogP contribution in [0.5, 0.6) is 0 Å². The molecule has 1 N–H and O–H groups in total. The Morgan fingerprint density at radius 2 is 1.78 bits per heavy atom. The zero-order chi connectivity index (χ0) is 29.5. The van der Waals surface area contributed by atoms with E-state index in [-0.39, 0.29) is 11.7 Å². The zero-order valence-electron chi connectivity index (χ0n) is 22.4. The van der Waals surface area contributed by atoms with Gasteiger partial charge in [0.25, 0.3) is 5.89 Å². The molecule has 5 heterocycles. The molecular weight excluding hydrogens is 561 g/mol. The van der Waals surface area contributed by atoms with Gasteiger partial charge in [-0.3, -0.25) is 4.98 Å². The standard InChI is InChI=1S/C24H27ClN8O2.C2H2.CHF3/c1-14-4-6-15(7-5-14)13-33-19-18(16-10-17(25)12-26-11-16)27-21(22-30-31-24(34)35-22)28-20(19)29-23(33)32-8-2-3-9-32;1-2;2-1(3)4/h10-12,14-15H,2-9,13H2,1H3,(H,31,34);1-2H;1H. The predicted molar refractivity (Wildman–Crippen MR) is 149 cm³/mol. The number of terminal acetylenes is 1. The molecule has 1 aliphatic carbocycles. The molecule has 0 amide bonds. The predicted octanol–water partition coefficient (Wildman–Crippen LogP) is 5.74. The van der Waals surface area contributed by atoms with Gasteiger partial charge in [-0.05, 0) is 43.6 Å². The molecule has 0 radical (unpaired) electrons. The van der Waals surface area contributed by atoms with Crippen LogP contribution in [-0.2, 0) is 6.54 Å². The van der Waals surface area contributed by atoms with E-state index in [1.165, 1.54) is 25.7 Å². The Balaban J connectivity index is 0.000000596. The van der Waals surface area contributed by atoms with Crippen molar-refractivity contribution < 1.29 is 17.6 Å². The highest BCUT2D eigenvalue weighted by atomic mass is 35.5. The normalized spacial score (nSPS) is 18.6. The van der Waals surface area contributed by atoms with Gasteiger partial charge >= 0.3 is 12.4 Å². The molecule has 218 valence electrons. The van der Waals surface area contributed by atoms with Gasteiger partial charge in [0.1, 0.15) is 11.2 Å². The molecule has 0 atom stereocenters. The molecule has 0 unspecified atom stereocenters. The summed E-state index contributed by atoms with van der Waals surface area (Å²) in [6.07, 6.45) is 18.5. The molecule has 1 saturated heterocycles. The van der Waals surface area contributed by atoms with E-state index in [2.05, 4.69) is 49.4 Å². The third-order valence-corrected chi connectivity index (χ3v) is 7.36. The van der Waals surface area contributed by atoms with E-state index in [4.69, 9.17) is 26.0 Å². The van der Waals surface area contributed by atoms with E-state index in [0.717, 1.165) is 55.4 Å². The summed E-state index contributed by atoms with van der Waals surface area (Å²) in [6.45, 7) is 1.46. The van der Waals surface area contributed by atoms with Crippen molar-refractivity contribution in [3.63, 3.8) is 0 Å². The van der Waals surface area contributed by atoms with Crippen LogP contribution in [0.4, 0.5) is 19.1 Å². The van der Waals surface area contributed by atoms with Gasteiger partial charge < -0.3 is 13.9 Å². The molecule has 2 fully saturated rings. The highest BCUT2D eigenvalue weighted by molar-refractivity contribution is 6.30. The van der Waals surface area contributed by atoms with Gasteiger partial charge in [0.15, 0.2) is 5.65 Å². The lowest BCUT2D eigenvalue weighted by Gasteiger charge is -2.28. The summed E-state index contributed by atoms with van der Waals surface area (Å²) in [5.41, 5.74) is 2.78. The molecule has 4 aromatic heterocycles. The van der Waals surface area contributed by atoms with Crippen LogP contribution in [-0.4, -0.2) is 54.5 Å². The number of halogens is 4. The largest absolute Gasteiger partial charge is 0.434 e. The molecular formula is C27H30ClF3N8O2. The topological polar surface area (TPSA) is 119 Å². The molecule has 4 aromatic rings. The van der Waals surface area contributed by atoms with E-state index in [9.17, 15) is 18.0 Å². The minimum Gasteiger partial charge on any atom is -0.384 e. The molecule has 41 heavy (non-hydrogen) atoms. The molecule has 1 saturated carbocycles. The summed E-state index contributed by atoms with van der Waals surface area (Å²) < 4.78 is 36.5. The fraction of sp³-hybridized carbons (Fsp3) is 0.481. The van der Waals surface area contributed by atoms with Crippen LogP contribution < -0.4 is 10.7 Å². The highest BCUT2D eigenvalue weighted by Gasteiger charge is 2.28. The lowest BCUT2D eigenvalue weighted by Crippen LogP contribution is -2.25. The number of aromatic amines is 1. The Hall–Kier alpha value is -3.92. The van der Waals surface area contributed by atoms with Gasteiger partial charge in [0.05, 0.1) is 5.02 Å². The number of pyridine rings is 1. The number of hydrogen-bond donors (Lipinski definition) is 1. The minimum absolute atomic E-state index is 0.0201. The number of rotatable bonds is 5. The van der Waals surface area contributed by atoms with E-state index in [1.54, 1.807) is 12.4 Å². The molecule has 2 aliphatic rings. The first-order valence-corrected chi connectivity index (χ1v) is 13.6. The van der Waals surface area contributed by atoms with Crippen LogP contribution >= 0.6 is 11.6 Å². The maximum atomic E-state index is 11.6. The third-order valence-electron chi connectivity index (χ3n) is 7.16. The molecule has 14 heteroatoms. The van der Waals surface area contributed by atoms with Gasteiger partial charge in [-0.1, -0.05) is 31.4 Å². The third kappa shape index (κ3) is 7.24. The Morgan fingerprint density at radius 3 is 2.39 bits per heavy atom. The van der Waals surface area contributed by atoms with Crippen LogP contribution in [0.25, 0.3) is 34.1 Å². The van der Waals surface area contributed by atoms with Crippen molar-refractivity contribution in [3.8, 4) is 35.8 Å². The quantitative estimate of drug-likeness (QED) is 0.292. The summed E-state index contributed by atoms with van der Waals surface area (Å²) in [7, 11) is 0. The number of hydrogen-bond acceptors (Lipinski definition) is 8. The maximum absolute atomic E-state index is 11.6. The smallest absolute Gasteiger partial charge is 0.384 e. The number of fused-ring (bicyclic) bond motifs is 1.